The monoisotopic (exact) mass is 622 g/mol. The van der Waals surface area contributed by atoms with Crippen LogP contribution in [-0.4, -0.2) is 33.1 Å². The molecule has 0 spiro atoms. The highest BCUT2D eigenvalue weighted by atomic mass is 16.5. The minimum atomic E-state index is -0.307. The number of carbonyl (C=O) groups is 2. The van der Waals surface area contributed by atoms with Crippen LogP contribution in [-0.2, 0) is 16.1 Å². The summed E-state index contributed by atoms with van der Waals surface area (Å²) in [6.45, 7) is 0.295. The summed E-state index contributed by atoms with van der Waals surface area (Å²) in [4.78, 5) is 26.1. The minimum Gasteiger partial charge on any atom is -0.493 e. The Morgan fingerprint density at radius 2 is 1.09 bits per heavy atom. The van der Waals surface area contributed by atoms with Gasteiger partial charge in [-0.15, -0.1) is 0 Å². The second-order valence-corrected chi connectivity index (χ2v) is 9.81. The molecule has 0 fully saturated rings. The van der Waals surface area contributed by atoms with Gasteiger partial charge >= 0.3 is 11.8 Å². The van der Waals surface area contributed by atoms with E-state index in [0.717, 1.165) is 28.1 Å². The van der Waals surface area contributed by atoms with Crippen LogP contribution in [0.5, 0.6) is 17.2 Å². The van der Waals surface area contributed by atoms with Crippen molar-refractivity contribution in [3.63, 3.8) is 0 Å². The Morgan fingerprint density at radius 3 is 1.57 bits per heavy atom. The van der Waals surface area contributed by atoms with Gasteiger partial charge in [0.2, 0.25) is 5.75 Å². The van der Waals surface area contributed by atoms with Gasteiger partial charge in [0, 0.05) is 34.3 Å². The van der Waals surface area contributed by atoms with Crippen LogP contribution >= 0.6 is 0 Å². The summed E-state index contributed by atoms with van der Waals surface area (Å²) in [6, 6.07) is 41.2. The molecule has 5 aromatic rings. The number of benzene rings is 5. The third kappa shape index (κ3) is 10.3. The summed E-state index contributed by atoms with van der Waals surface area (Å²) in [6.07, 6.45) is 0. The predicted octanol–water partition coefficient (Wildman–Crippen LogP) is 6.97. The number of amides is 2. The average molecular weight is 623 g/mol. The Labute approximate surface area is 275 Å². The number of ether oxygens (including phenoxy) is 3. The molecule has 47 heavy (non-hydrogen) atoms. The Balaban J connectivity index is 0.000000248. The van der Waals surface area contributed by atoms with Gasteiger partial charge in [-0.1, -0.05) is 84.6 Å². The second kappa shape index (κ2) is 17.8. The number of hydrogen-bond acceptors (Lipinski definition) is 5. The third-order valence-corrected chi connectivity index (χ3v) is 6.59. The molecule has 0 aliphatic carbocycles. The number of carbonyl (C=O) groups excluding carboxylic acids is 2. The average Bonchev–Trinajstić information content (AvgIpc) is 3.13. The topological polar surface area (TPSA) is 77.1 Å². The number of para-hydroxylation sites is 2. The second-order valence-electron chi connectivity index (χ2n) is 9.81. The van der Waals surface area contributed by atoms with Crippen LogP contribution in [0.4, 0.5) is 11.4 Å². The molecule has 7 nitrogen and oxygen atoms in total. The molecule has 2 amide bonds. The molecular weight excluding hydrogens is 588 g/mol. The van der Waals surface area contributed by atoms with Gasteiger partial charge in [-0.3, -0.25) is 14.5 Å². The number of methoxy groups -OCH3 is 3. The summed E-state index contributed by atoms with van der Waals surface area (Å²) in [5, 5.41) is 2.70. The summed E-state index contributed by atoms with van der Waals surface area (Å²) in [5.41, 5.74) is 3.93. The number of nitrogens with one attached hydrogen (secondary N) is 1. The van der Waals surface area contributed by atoms with Gasteiger partial charge in [0.15, 0.2) is 11.5 Å². The first kappa shape index (κ1) is 33.5. The lowest BCUT2D eigenvalue weighted by Crippen LogP contribution is -2.29. The highest BCUT2D eigenvalue weighted by molar-refractivity contribution is 6.06. The molecule has 0 aliphatic heterocycles. The summed E-state index contributed by atoms with van der Waals surface area (Å²) < 4.78 is 16.3. The number of anilines is 2. The van der Waals surface area contributed by atoms with Gasteiger partial charge in [-0.2, -0.15) is 0 Å². The van der Waals surface area contributed by atoms with Crippen molar-refractivity contribution in [1.29, 1.82) is 0 Å². The molecule has 0 atom stereocenters. The maximum absolute atomic E-state index is 13.0. The fraction of sp³-hybridized carbons (Fsp3) is 0.100. The van der Waals surface area contributed by atoms with Crippen molar-refractivity contribution in [1.82, 2.24) is 0 Å². The maximum Gasteiger partial charge on any atom is 0.303 e. The summed E-state index contributed by atoms with van der Waals surface area (Å²) in [5.74, 6) is 12.0. The highest BCUT2D eigenvalue weighted by Crippen LogP contribution is 2.38. The van der Waals surface area contributed by atoms with E-state index in [-0.39, 0.29) is 11.8 Å². The molecule has 5 aromatic carbocycles. The molecule has 0 aromatic heterocycles. The van der Waals surface area contributed by atoms with Crippen LogP contribution in [0.25, 0.3) is 0 Å². The molecule has 0 saturated heterocycles. The van der Waals surface area contributed by atoms with E-state index in [2.05, 4.69) is 29.0 Å². The van der Waals surface area contributed by atoms with Crippen LogP contribution in [0.2, 0.25) is 0 Å². The number of hydrogen-bond donors (Lipinski definition) is 1. The maximum atomic E-state index is 13.0. The van der Waals surface area contributed by atoms with E-state index < -0.39 is 0 Å². The lowest BCUT2D eigenvalue weighted by Gasteiger charge is -2.22. The van der Waals surface area contributed by atoms with Crippen molar-refractivity contribution in [2.24, 2.45) is 0 Å². The SMILES string of the molecule is COc1cc(CN(C(=O)C#Cc2ccccc2)c2ccccc2)cc(OC)c1OC.O=C(C#Cc1ccccc1)Nc1ccccc1. The van der Waals surface area contributed by atoms with Crippen molar-refractivity contribution in [3.05, 3.63) is 150 Å². The lowest BCUT2D eigenvalue weighted by atomic mass is 10.1. The van der Waals surface area contributed by atoms with Crippen LogP contribution in [0, 0.1) is 23.7 Å². The predicted molar refractivity (Wildman–Crippen MR) is 185 cm³/mol. The first-order chi connectivity index (χ1) is 23.0. The van der Waals surface area contributed by atoms with Gasteiger partial charge in [0.25, 0.3) is 0 Å². The molecule has 0 aliphatic rings. The smallest absolute Gasteiger partial charge is 0.303 e. The molecule has 5 rings (SSSR count). The molecular formula is C40H34N2O5. The quantitative estimate of drug-likeness (QED) is 0.198. The summed E-state index contributed by atoms with van der Waals surface area (Å²) >= 11 is 0. The Hall–Kier alpha value is -6.44. The normalized spacial score (nSPS) is 9.51. The van der Waals surface area contributed by atoms with Crippen LogP contribution in [0.15, 0.2) is 133 Å². The Bertz CT molecular complexity index is 1850. The zero-order chi connectivity index (χ0) is 33.3. The molecule has 7 heteroatoms. The standard InChI is InChI=1S/C25H23NO4.C15H11NO/c1-28-22-16-20(17-23(29-2)25(22)30-3)18-26(21-12-8-5-9-13-21)24(27)15-14-19-10-6-4-7-11-19;17-15(16-14-9-5-2-6-10-14)12-11-13-7-3-1-4-8-13/h4-13,16-17H,18H2,1-3H3;1-10H,(H,16,17). The van der Waals surface area contributed by atoms with Crippen molar-refractivity contribution >= 4 is 23.2 Å². The van der Waals surface area contributed by atoms with Crippen LogP contribution in [0.3, 0.4) is 0 Å². The van der Waals surface area contributed by atoms with E-state index >= 15 is 0 Å². The molecule has 234 valence electrons. The fourth-order valence-electron chi connectivity index (χ4n) is 4.35. The van der Waals surface area contributed by atoms with Gasteiger partial charge < -0.3 is 19.5 Å². The van der Waals surface area contributed by atoms with Gasteiger partial charge in [-0.25, -0.2) is 0 Å². The Kier molecular flexibility index (Phi) is 12.6. The van der Waals surface area contributed by atoms with Gasteiger partial charge in [0.05, 0.1) is 27.9 Å². The van der Waals surface area contributed by atoms with Crippen molar-refractivity contribution in [2.45, 2.75) is 6.54 Å². The first-order valence-corrected chi connectivity index (χ1v) is 14.7. The van der Waals surface area contributed by atoms with E-state index in [9.17, 15) is 9.59 Å². The zero-order valence-electron chi connectivity index (χ0n) is 26.4. The third-order valence-electron chi connectivity index (χ3n) is 6.59. The highest BCUT2D eigenvalue weighted by Gasteiger charge is 2.18. The largest absolute Gasteiger partial charge is 0.493 e. The van der Waals surface area contributed by atoms with E-state index in [1.807, 2.05) is 133 Å². The van der Waals surface area contributed by atoms with Crippen molar-refractivity contribution in [3.8, 4) is 40.9 Å². The zero-order valence-corrected chi connectivity index (χ0v) is 26.4. The molecule has 0 unspecified atom stereocenters. The molecule has 0 saturated carbocycles. The molecule has 0 radical (unpaired) electrons. The first-order valence-electron chi connectivity index (χ1n) is 14.7. The molecule has 1 N–H and O–H groups in total. The van der Waals surface area contributed by atoms with Crippen LogP contribution < -0.4 is 24.4 Å². The molecule has 0 bridgehead atoms. The van der Waals surface area contributed by atoms with Crippen LogP contribution in [0.1, 0.15) is 16.7 Å². The number of rotatable bonds is 7. The van der Waals surface area contributed by atoms with E-state index in [4.69, 9.17) is 14.2 Å². The van der Waals surface area contributed by atoms with Crippen molar-refractivity contribution in [2.75, 3.05) is 31.5 Å². The fourth-order valence-corrected chi connectivity index (χ4v) is 4.35. The summed E-state index contributed by atoms with van der Waals surface area (Å²) in [7, 11) is 4.68. The van der Waals surface area contributed by atoms with Gasteiger partial charge in [-0.05, 0) is 66.2 Å². The van der Waals surface area contributed by atoms with E-state index in [1.165, 1.54) is 0 Å². The lowest BCUT2D eigenvalue weighted by molar-refractivity contribution is -0.113. The molecule has 0 heterocycles. The minimum absolute atomic E-state index is 0.295. The van der Waals surface area contributed by atoms with E-state index in [0.29, 0.717) is 23.8 Å². The van der Waals surface area contributed by atoms with Gasteiger partial charge in [0.1, 0.15) is 0 Å². The van der Waals surface area contributed by atoms with Crippen molar-refractivity contribution < 1.29 is 23.8 Å². The van der Waals surface area contributed by atoms with E-state index in [1.54, 1.807) is 26.2 Å². The number of nitrogens with zero attached hydrogens (tertiary/aromatic N) is 1. The Morgan fingerprint density at radius 1 is 0.617 bits per heavy atom.